The number of nitrogens with two attached hydrogens (primary N) is 1. The maximum absolute atomic E-state index is 13.7. The molecule has 13 heteroatoms. The van der Waals surface area contributed by atoms with E-state index in [-0.39, 0.29) is 31.2 Å². The number of ether oxygens (including phenoxy) is 4. The van der Waals surface area contributed by atoms with Crippen molar-refractivity contribution in [2.75, 3.05) is 19.5 Å². The van der Waals surface area contributed by atoms with Crippen molar-refractivity contribution in [3.63, 3.8) is 0 Å². The molecule has 4 rings (SSSR count). The summed E-state index contributed by atoms with van der Waals surface area (Å²) < 4.78 is 23.9. The van der Waals surface area contributed by atoms with Crippen molar-refractivity contribution in [3.05, 3.63) is 52.1 Å². The Balaban J connectivity index is 1.78. The lowest BCUT2D eigenvalue weighted by atomic mass is 10.1. The van der Waals surface area contributed by atoms with Crippen LogP contribution >= 0.6 is 0 Å². The summed E-state index contributed by atoms with van der Waals surface area (Å²) in [5.74, 6) is -1.63. The molecule has 0 radical (unpaired) electrons. The van der Waals surface area contributed by atoms with Gasteiger partial charge >= 0.3 is 23.6 Å². The third-order valence-electron chi connectivity index (χ3n) is 5.60. The maximum Gasteiger partial charge on any atom is 0.337 e. The average molecular weight is 499 g/mol. The van der Waals surface area contributed by atoms with Gasteiger partial charge in [0.15, 0.2) is 11.9 Å². The Labute approximate surface area is 204 Å². The third-order valence-corrected chi connectivity index (χ3v) is 5.60. The molecule has 0 unspecified atom stereocenters. The van der Waals surface area contributed by atoms with Gasteiger partial charge in [0.1, 0.15) is 18.2 Å². The SMILES string of the molecule is COC(=O)c1cccc(Cn2c(=O)n([C@@H]3O[C@H](COC(C)=O)C[C@H]3OC(C)=O)c3nc(N)ncc32)c1. The van der Waals surface area contributed by atoms with Crippen LogP contribution in [0.1, 0.15) is 42.4 Å². The van der Waals surface area contributed by atoms with Gasteiger partial charge in [-0.05, 0) is 17.7 Å². The summed E-state index contributed by atoms with van der Waals surface area (Å²) in [7, 11) is 1.28. The lowest BCUT2D eigenvalue weighted by Crippen LogP contribution is -2.34. The van der Waals surface area contributed by atoms with E-state index in [9.17, 15) is 19.2 Å². The first-order chi connectivity index (χ1) is 17.2. The van der Waals surface area contributed by atoms with Gasteiger partial charge < -0.3 is 24.7 Å². The van der Waals surface area contributed by atoms with E-state index >= 15 is 0 Å². The molecular formula is C23H25N5O8. The predicted molar refractivity (Wildman–Crippen MR) is 124 cm³/mol. The fourth-order valence-corrected chi connectivity index (χ4v) is 4.13. The van der Waals surface area contributed by atoms with Gasteiger partial charge in [-0.25, -0.2) is 19.1 Å². The topological polar surface area (TPSA) is 167 Å². The maximum atomic E-state index is 13.7. The van der Waals surface area contributed by atoms with Crippen LogP contribution < -0.4 is 11.4 Å². The minimum absolute atomic E-state index is 0.0698. The van der Waals surface area contributed by atoms with Crippen LogP contribution in [0.3, 0.4) is 0 Å². The van der Waals surface area contributed by atoms with Crippen molar-refractivity contribution in [2.24, 2.45) is 0 Å². The Morgan fingerprint density at radius 1 is 1.22 bits per heavy atom. The van der Waals surface area contributed by atoms with E-state index in [1.807, 2.05) is 0 Å². The molecule has 2 N–H and O–H groups in total. The average Bonchev–Trinajstić information content (AvgIpc) is 3.34. The number of anilines is 1. The Bertz CT molecular complexity index is 1380. The highest BCUT2D eigenvalue weighted by atomic mass is 16.6. The number of nitrogens with zero attached hydrogens (tertiary/aromatic N) is 4. The molecule has 0 bridgehead atoms. The summed E-state index contributed by atoms with van der Waals surface area (Å²) in [5, 5.41) is 0. The highest BCUT2D eigenvalue weighted by Crippen LogP contribution is 2.33. The number of nitrogen functional groups attached to an aromatic ring is 1. The number of carbonyl (C=O) groups is 3. The van der Waals surface area contributed by atoms with Gasteiger partial charge in [-0.2, -0.15) is 4.98 Å². The van der Waals surface area contributed by atoms with Crippen LogP contribution in [-0.2, 0) is 35.1 Å². The van der Waals surface area contributed by atoms with E-state index in [0.717, 1.165) is 0 Å². The van der Waals surface area contributed by atoms with Crippen molar-refractivity contribution >= 4 is 35.0 Å². The summed E-state index contributed by atoms with van der Waals surface area (Å²) in [6.45, 7) is 2.51. The largest absolute Gasteiger partial charge is 0.465 e. The molecule has 1 aromatic carbocycles. The smallest absolute Gasteiger partial charge is 0.337 e. The zero-order valence-corrected chi connectivity index (χ0v) is 19.9. The predicted octanol–water partition coefficient (Wildman–Crippen LogP) is 0.792. The van der Waals surface area contributed by atoms with Crippen molar-refractivity contribution in [2.45, 2.75) is 45.2 Å². The molecule has 13 nitrogen and oxygen atoms in total. The van der Waals surface area contributed by atoms with Crippen LogP contribution in [0.25, 0.3) is 11.2 Å². The number of esters is 3. The number of aromatic nitrogens is 4. The normalized spacial score (nSPS) is 19.2. The first-order valence-corrected chi connectivity index (χ1v) is 11.0. The molecule has 1 aliphatic rings. The highest BCUT2D eigenvalue weighted by molar-refractivity contribution is 5.89. The number of hydrogen-bond donors (Lipinski definition) is 1. The van der Waals surface area contributed by atoms with E-state index in [2.05, 4.69) is 9.97 Å². The molecule has 0 saturated carbocycles. The van der Waals surface area contributed by atoms with Gasteiger partial charge in [-0.3, -0.25) is 14.2 Å². The Morgan fingerprint density at radius 3 is 2.69 bits per heavy atom. The Hall–Kier alpha value is -4.26. The van der Waals surface area contributed by atoms with Crippen LogP contribution in [0.2, 0.25) is 0 Å². The zero-order chi connectivity index (χ0) is 26.0. The number of hydrogen-bond acceptors (Lipinski definition) is 11. The van der Waals surface area contributed by atoms with Gasteiger partial charge in [0.05, 0.1) is 31.5 Å². The summed E-state index contributed by atoms with van der Waals surface area (Å²) in [4.78, 5) is 56.9. The second-order valence-electron chi connectivity index (χ2n) is 8.20. The molecule has 0 spiro atoms. The number of benzene rings is 1. The first kappa shape index (κ1) is 24.9. The lowest BCUT2D eigenvalue weighted by molar-refractivity contribution is -0.153. The van der Waals surface area contributed by atoms with Crippen LogP contribution in [0.4, 0.5) is 5.95 Å². The standard InChI is InChI=1S/C23H25N5O8/c1-12(29)34-11-16-8-18(35-13(2)30)20(36-16)28-19-17(9-25-22(24)26-19)27(23(28)32)10-14-5-4-6-15(7-14)21(31)33-3/h4-7,9,16,18,20H,8,10-11H2,1-3H3,(H2,24,25,26)/t16-,18+,20+/m0/s1. The lowest BCUT2D eigenvalue weighted by Gasteiger charge is -2.19. The molecule has 1 fully saturated rings. The molecule has 190 valence electrons. The zero-order valence-electron chi connectivity index (χ0n) is 19.9. The van der Waals surface area contributed by atoms with Crippen molar-refractivity contribution < 1.29 is 33.3 Å². The number of imidazole rings is 1. The van der Waals surface area contributed by atoms with Gasteiger partial charge in [-0.1, -0.05) is 12.1 Å². The summed E-state index contributed by atoms with van der Waals surface area (Å²) >= 11 is 0. The van der Waals surface area contributed by atoms with Crippen LogP contribution in [0.5, 0.6) is 0 Å². The summed E-state index contributed by atoms with van der Waals surface area (Å²) in [6.07, 6.45) is -0.922. The van der Waals surface area contributed by atoms with Crippen molar-refractivity contribution in [1.82, 2.24) is 19.1 Å². The molecule has 0 amide bonds. The molecule has 1 saturated heterocycles. The number of carbonyl (C=O) groups excluding carboxylic acids is 3. The van der Waals surface area contributed by atoms with Crippen molar-refractivity contribution in [3.8, 4) is 0 Å². The van der Waals surface area contributed by atoms with Crippen molar-refractivity contribution in [1.29, 1.82) is 0 Å². The number of methoxy groups -OCH3 is 1. The van der Waals surface area contributed by atoms with E-state index in [1.165, 1.54) is 36.3 Å². The molecule has 1 aliphatic heterocycles. The fraction of sp³-hybridized carbons (Fsp3) is 0.391. The second kappa shape index (κ2) is 10.2. The summed E-state index contributed by atoms with van der Waals surface area (Å²) in [5.41, 5.74) is 6.79. The van der Waals surface area contributed by atoms with Gasteiger partial charge in [0, 0.05) is 20.3 Å². The first-order valence-electron chi connectivity index (χ1n) is 11.0. The van der Waals surface area contributed by atoms with E-state index in [4.69, 9.17) is 24.7 Å². The molecule has 3 aromatic rings. The molecule has 2 aromatic heterocycles. The minimum Gasteiger partial charge on any atom is -0.465 e. The second-order valence-corrected chi connectivity index (χ2v) is 8.20. The van der Waals surface area contributed by atoms with E-state index in [1.54, 1.807) is 24.3 Å². The van der Waals surface area contributed by atoms with E-state index < -0.39 is 42.0 Å². The molecule has 3 heterocycles. The Kier molecular flexibility index (Phi) is 7.01. The summed E-state index contributed by atoms with van der Waals surface area (Å²) in [6, 6.07) is 6.65. The van der Waals surface area contributed by atoms with E-state index in [0.29, 0.717) is 16.6 Å². The third kappa shape index (κ3) is 5.05. The van der Waals surface area contributed by atoms with Crippen LogP contribution in [0.15, 0.2) is 35.3 Å². The molecule has 36 heavy (non-hydrogen) atoms. The fourth-order valence-electron chi connectivity index (χ4n) is 4.13. The van der Waals surface area contributed by atoms with Gasteiger partial charge in [-0.15, -0.1) is 0 Å². The Morgan fingerprint density at radius 2 is 2.00 bits per heavy atom. The molecule has 3 atom stereocenters. The quantitative estimate of drug-likeness (QED) is 0.360. The molecular weight excluding hydrogens is 474 g/mol. The molecule has 0 aliphatic carbocycles. The highest BCUT2D eigenvalue weighted by Gasteiger charge is 2.41. The van der Waals surface area contributed by atoms with Gasteiger partial charge in [0.25, 0.3) is 0 Å². The van der Waals surface area contributed by atoms with Crippen LogP contribution in [0, 0.1) is 0 Å². The van der Waals surface area contributed by atoms with Gasteiger partial charge in [0.2, 0.25) is 5.95 Å². The number of rotatable bonds is 7. The minimum atomic E-state index is -1.05. The monoisotopic (exact) mass is 499 g/mol. The van der Waals surface area contributed by atoms with Crippen LogP contribution in [-0.4, -0.2) is 62.9 Å². The number of fused-ring (bicyclic) bond motifs is 1.